The third-order valence-corrected chi connectivity index (χ3v) is 5.65. The summed E-state index contributed by atoms with van der Waals surface area (Å²) >= 11 is 12.0. The molecule has 144 valence electrons. The van der Waals surface area contributed by atoms with Gasteiger partial charge in [-0.3, -0.25) is 14.6 Å². The first-order chi connectivity index (χ1) is 13.5. The molecule has 0 atom stereocenters. The average molecular weight is 418 g/mol. The van der Waals surface area contributed by atoms with E-state index in [0.717, 1.165) is 31.2 Å². The summed E-state index contributed by atoms with van der Waals surface area (Å²) in [5, 5.41) is 13.2. The highest BCUT2D eigenvalue weighted by molar-refractivity contribution is 6.50. The van der Waals surface area contributed by atoms with Gasteiger partial charge in [-0.1, -0.05) is 36.0 Å². The zero-order valence-corrected chi connectivity index (χ0v) is 16.3. The number of nitrogens with zero attached hydrogens (tertiary/aromatic N) is 2. The number of fused-ring (bicyclic) bond motifs is 1. The highest BCUT2D eigenvalue weighted by Crippen LogP contribution is 2.36. The molecule has 28 heavy (non-hydrogen) atoms. The Morgan fingerprint density at radius 1 is 1.14 bits per heavy atom. The van der Waals surface area contributed by atoms with E-state index in [9.17, 15) is 14.7 Å². The van der Waals surface area contributed by atoms with E-state index in [2.05, 4.69) is 10.3 Å². The van der Waals surface area contributed by atoms with Crippen molar-refractivity contribution in [3.63, 3.8) is 0 Å². The van der Waals surface area contributed by atoms with Gasteiger partial charge < -0.3 is 15.0 Å². The Hall–Kier alpha value is -2.57. The Bertz CT molecular complexity index is 1070. The quantitative estimate of drug-likeness (QED) is 0.462. The fourth-order valence-electron chi connectivity index (χ4n) is 3.73. The van der Waals surface area contributed by atoms with Crippen molar-refractivity contribution in [1.29, 1.82) is 0 Å². The number of carbonyl (C=O) groups excluding carboxylic acids is 2. The molecule has 0 aliphatic heterocycles. The number of hydrogen-bond acceptors (Lipinski definition) is 4. The number of carbonyl (C=O) groups is 2. The second kappa shape index (κ2) is 7.45. The second-order valence-corrected chi connectivity index (χ2v) is 7.67. The highest BCUT2D eigenvalue weighted by atomic mass is 35.5. The lowest BCUT2D eigenvalue weighted by molar-refractivity contribution is -0.112. The van der Waals surface area contributed by atoms with Crippen molar-refractivity contribution in [2.75, 3.05) is 5.32 Å². The number of phenolic OH excluding ortho intramolecular Hbond substituents is 1. The molecule has 3 aromatic rings. The molecule has 0 spiro atoms. The maximum absolute atomic E-state index is 12.9. The SMILES string of the molecule is O=C(Nc1c(Cl)cncc1Cl)C(=O)c1cn(C2CCCC2)c2ccc(O)cc12. The topological polar surface area (TPSA) is 84.2 Å². The molecular weight excluding hydrogens is 401 g/mol. The van der Waals surface area contributed by atoms with Gasteiger partial charge in [0.25, 0.3) is 11.7 Å². The van der Waals surface area contributed by atoms with Crippen molar-refractivity contribution >= 4 is 51.5 Å². The molecule has 8 heteroatoms. The average Bonchev–Trinajstić information content (AvgIpc) is 3.31. The molecule has 2 N–H and O–H groups in total. The number of aromatic nitrogens is 2. The van der Waals surface area contributed by atoms with E-state index >= 15 is 0 Å². The van der Waals surface area contributed by atoms with Crippen LogP contribution in [0, 0.1) is 0 Å². The maximum Gasteiger partial charge on any atom is 0.296 e. The Balaban J connectivity index is 1.72. The van der Waals surface area contributed by atoms with Crippen LogP contribution < -0.4 is 5.32 Å². The molecule has 1 aliphatic carbocycles. The molecule has 0 radical (unpaired) electrons. The van der Waals surface area contributed by atoms with Crippen molar-refractivity contribution in [2.24, 2.45) is 0 Å². The maximum atomic E-state index is 12.9. The molecular formula is C20H17Cl2N3O3. The standard InChI is InChI=1S/C20H17Cl2N3O3/c21-15-8-23-9-16(22)18(15)24-20(28)19(27)14-10-25(11-3-1-2-4-11)17-6-5-12(26)7-13(14)17/h5-11,26H,1-4H2,(H,23,24,28). The third kappa shape index (κ3) is 3.34. The van der Waals surface area contributed by atoms with Crippen LogP contribution >= 0.6 is 23.2 Å². The van der Waals surface area contributed by atoms with E-state index in [1.54, 1.807) is 18.3 Å². The van der Waals surface area contributed by atoms with Crippen LogP contribution in [0.15, 0.2) is 36.8 Å². The van der Waals surface area contributed by atoms with Crippen molar-refractivity contribution < 1.29 is 14.7 Å². The fourth-order valence-corrected chi connectivity index (χ4v) is 4.19. The lowest BCUT2D eigenvalue weighted by atomic mass is 10.1. The lowest BCUT2D eigenvalue weighted by Gasteiger charge is -2.13. The first kappa shape index (κ1) is 18.8. The first-order valence-corrected chi connectivity index (χ1v) is 9.69. The van der Waals surface area contributed by atoms with Gasteiger partial charge in [0.05, 0.1) is 21.3 Å². The van der Waals surface area contributed by atoms with Gasteiger partial charge in [0.1, 0.15) is 5.75 Å². The number of benzene rings is 1. The van der Waals surface area contributed by atoms with E-state index in [1.807, 2.05) is 4.57 Å². The number of hydrogen-bond donors (Lipinski definition) is 2. The Morgan fingerprint density at radius 2 is 1.82 bits per heavy atom. The number of ketones is 1. The van der Waals surface area contributed by atoms with Crippen LogP contribution in [0.25, 0.3) is 10.9 Å². The van der Waals surface area contributed by atoms with Crippen molar-refractivity contribution in [1.82, 2.24) is 9.55 Å². The summed E-state index contributed by atoms with van der Waals surface area (Å²) in [5.41, 5.74) is 1.19. The van der Waals surface area contributed by atoms with Gasteiger partial charge >= 0.3 is 0 Å². The van der Waals surface area contributed by atoms with Crippen LogP contribution in [0.4, 0.5) is 5.69 Å². The van der Waals surface area contributed by atoms with Gasteiger partial charge in [0, 0.05) is 35.5 Å². The van der Waals surface area contributed by atoms with E-state index in [0.29, 0.717) is 5.39 Å². The molecule has 1 amide bonds. The number of halogens is 2. The number of amides is 1. The summed E-state index contributed by atoms with van der Waals surface area (Å²) in [4.78, 5) is 29.3. The number of phenols is 1. The molecule has 1 fully saturated rings. The van der Waals surface area contributed by atoms with Crippen molar-refractivity contribution in [3.8, 4) is 5.75 Å². The number of nitrogens with one attached hydrogen (secondary N) is 1. The number of rotatable bonds is 4. The zero-order valence-electron chi connectivity index (χ0n) is 14.8. The summed E-state index contributed by atoms with van der Waals surface area (Å²) < 4.78 is 2.04. The van der Waals surface area contributed by atoms with Crippen LogP contribution in [-0.4, -0.2) is 26.3 Å². The molecule has 1 aromatic carbocycles. The minimum Gasteiger partial charge on any atom is -0.508 e. The summed E-state index contributed by atoms with van der Waals surface area (Å²) in [7, 11) is 0. The molecule has 1 saturated carbocycles. The molecule has 0 bridgehead atoms. The number of aromatic hydroxyl groups is 1. The Labute approximate surface area is 171 Å². The van der Waals surface area contributed by atoms with E-state index < -0.39 is 11.7 Å². The molecule has 2 aromatic heterocycles. The molecule has 0 unspecified atom stereocenters. The van der Waals surface area contributed by atoms with E-state index in [4.69, 9.17) is 23.2 Å². The minimum atomic E-state index is -0.858. The van der Waals surface area contributed by atoms with Crippen LogP contribution in [0.3, 0.4) is 0 Å². The van der Waals surface area contributed by atoms with E-state index in [1.165, 1.54) is 18.5 Å². The van der Waals surface area contributed by atoms with Gasteiger partial charge in [-0.2, -0.15) is 0 Å². The summed E-state index contributed by atoms with van der Waals surface area (Å²) in [5.74, 6) is -1.55. The first-order valence-electron chi connectivity index (χ1n) is 8.94. The van der Waals surface area contributed by atoms with Gasteiger partial charge in [-0.05, 0) is 31.0 Å². The summed E-state index contributed by atoms with van der Waals surface area (Å²) in [6, 6.07) is 5.14. The Morgan fingerprint density at radius 3 is 2.50 bits per heavy atom. The smallest absolute Gasteiger partial charge is 0.296 e. The molecule has 2 heterocycles. The number of anilines is 1. The molecule has 0 saturated heterocycles. The molecule has 1 aliphatic rings. The monoisotopic (exact) mass is 417 g/mol. The largest absolute Gasteiger partial charge is 0.508 e. The van der Waals surface area contributed by atoms with Crippen LogP contribution in [-0.2, 0) is 4.79 Å². The minimum absolute atomic E-state index is 0.0337. The zero-order chi connectivity index (χ0) is 19.8. The fraction of sp³-hybridized carbons (Fsp3) is 0.250. The second-order valence-electron chi connectivity index (χ2n) is 6.85. The van der Waals surface area contributed by atoms with Crippen LogP contribution in [0.1, 0.15) is 42.1 Å². The normalized spacial score (nSPS) is 14.5. The van der Waals surface area contributed by atoms with Crippen LogP contribution in [0.5, 0.6) is 5.75 Å². The summed E-state index contributed by atoms with van der Waals surface area (Å²) in [6.45, 7) is 0. The predicted octanol–water partition coefficient (Wildman–Crippen LogP) is 4.99. The van der Waals surface area contributed by atoms with Gasteiger partial charge in [0.2, 0.25) is 0 Å². The summed E-state index contributed by atoms with van der Waals surface area (Å²) in [6.07, 6.45) is 8.67. The van der Waals surface area contributed by atoms with E-state index in [-0.39, 0.29) is 33.1 Å². The molecule has 4 rings (SSSR count). The lowest BCUT2D eigenvalue weighted by Crippen LogP contribution is -2.23. The van der Waals surface area contributed by atoms with Gasteiger partial charge in [0.15, 0.2) is 0 Å². The number of pyridine rings is 1. The Kier molecular flexibility index (Phi) is 5.00. The van der Waals surface area contributed by atoms with Crippen molar-refractivity contribution in [3.05, 3.63) is 52.4 Å². The predicted molar refractivity (Wildman–Crippen MR) is 108 cm³/mol. The highest BCUT2D eigenvalue weighted by Gasteiger charge is 2.26. The van der Waals surface area contributed by atoms with Crippen molar-refractivity contribution in [2.45, 2.75) is 31.7 Å². The van der Waals surface area contributed by atoms with Gasteiger partial charge in [-0.15, -0.1) is 0 Å². The molecule has 6 nitrogen and oxygen atoms in total. The third-order valence-electron chi connectivity index (χ3n) is 5.08. The van der Waals surface area contributed by atoms with Gasteiger partial charge in [-0.25, -0.2) is 0 Å². The van der Waals surface area contributed by atoms with Crippen LogP contribution in [0.2, 0.25) is 10.0 Å². The number of Topliss-reactive ketones (excluding diaryl/α,β-unsaturated/α-hetero) is 1.